The van der Waals surface area contributed by atoms with E-state index in [2.05, 4.69) is 0 Å². The van der Waals surface area contributed by atoms with Crippen LogP contribution in [0.1, 0.15) is 11.1 Å². The van der Waals surface area contributed by atoms with E-state index in [0.29, 0.717) is 17.3 Å². The monoisotopic (exact) mass is 319 g/mol. The first-order chi connectivity index (χ1) is 10.9. The van der Waals surface area contributed by atoms with Crippen molar-refractivity contribution < 1.29 is 18.3 Å². The summed E-state index contributed by atoms with van der Waals surface area (Å²) in [6.45, 7) is -0.321. The van der Waals surface area contributed by atoms with Crippen molar-refractivity contribution in [3.63, 3.8) is 0 Å². The number of hydrogen-bond donors (Lipinski definition) is 1. The van der Waals surface area contributed by atoms with Crippen molar-refractivity contribution in [1.29, 1.82) is 0 Å². The van der Waals surface area contributed by atoms with Crippen LogP contribution in [0.25, 0.3) is 16.6 Å². The zero-order valence-electron chi connectivity index (χ0n) is 11.8. The summed E-state index contributed by atoms with van der Waals surface area (Å²) in [5, 5.41) is 9.37. The normalized spacial score (nSPS) is 11.8. The zero-order chi connectivity index (χ0) is 16.6. The molecule has 3 rings (SSSR count). The minimum atomic E-state index is -4.62. The first-order valence-corrected chi connectivity index (χ1v) is 6.84. The predicted molar refractivity (Wildman–Crippen MR) is 80.5 cm³/mol. The SMILES string of the molecule is O=c1cc(C(F)(F)F)c2ccccc2n1-c1ccccc1CO. The molecule has 3 aromatic rings. The minimum absolute atomic E-state index is 0.0626. The Morgan fingerprint density at radius 1 is 1.00 bits per heavy atom. The van der Waals surface area contributed by atoms with Gasteiger partial charge >= 0.3 is 6.18 Å². The lowest BCUT2D eigenvalue weighted by Crippen LogP contribution is -2.22. The van der Waals surface area contributed by atoms with E-state index in [0.717, 1.165) is 0 Å². The summed E-state index contributed by atoms with van der Waals surface area (Å²) >= 11 is 0. The fourth-order valence-electron chi connectivity index (χ4n) is 2.63. The molecular weight excluding hydrogens is 307 g/mol. The maximum absolute atomic E-state index is 13.2. The largest absolute Gasteiger partial charge is 0.417 e. The maximum Gasteiger partial charge on any atom is 0.417 e. The third kappa shape index (κ3) is 2.61. The van der Waals surface area contributed by atoms with E-state index in [9.17, 15) is 23.1 Å². The molecule has 0 spiro atoms. The van der Waals surface area contributed by atoms with Crippen molar-refractivity contribution >= 4 is 10.9 Å². The van der Waals surface area contributed by atoms with Crippen LogP contribution in [0, 0.1) is 0 Å². The molecule has 1 heterocycles. The average Bonchev–Trinajstić information content (AvgIpc) is 2.53. The van der Waals surface area contributed by atoms with Crippen LogP contribution in [-0.2, 0) is 12.8 Å². The lowest BCUT2D eigenvalue weighted by atomic mass is 10.1. The van der Waals surface area contributed by atoms with Gasteiger partial charge in [0.25, 0.3) is 5.56 Å². The molecule has 0 saturated heterocycles. The fourth-order valence-corrected chi connectivity index (χ4v) is 2.63. The molecule has 0 saturated carbocycles. The first kappa shape index (κ1) is 15.3. The molecule has 0 aliphatic carbocycles. The Kier molecular flexibility index (Phi) is 3.69. The van der Waals surface area contributed by atoms with Crippen molar-refractivity contribution in [2.24, 2.45) is 0 Å². The fraction of sp³-hybridized carbons (Fsp3) is 0.118. The van der Waals surface area contributed by atoms with Crippen molar-refractivity contribution in [3.05, 3.63) is 76.1 Å². The molecule has 118 valence electrons. The second-order valence-electron chi connectivity index (χ2n) is 5.03. The van der Waals surface area contributed by atoms with Gasteiger partial charge in [0.2, 0.25) is 0 Å². The van der Waals surface area contributed by atoms with Crippen molar-refractivity contribution in [2.45, 2.75) is 12.8 Å². The van der Waals surface area contributed by atoms with Gasteiger partial charge in [0.1, 0.15) is 0 Å². The third-order valence-electron chi connectivity index (χ3n) is 3.63. The number of hydrogen-bond acceptors (Lipinski definition) is 2. The van der Waals surface area contributed by atoms with Gasteiger partial charge in [0.15, 0.2) is 0 Å². The quantitative estimate of drug-likeness (QED) is 0.785. The molecule has 0 aliphatic rings. The minimum Gasteiger partial charge on any atom is -0.392 e. The second-order valence-corrected chi connectivity index (χ2v) is 5.03. The summed E-state index contributed by atoms with van der Waals surface area (Å²) in [7, 11) is 0. The number of para-hydroxylation sites is 2. The molecule has 1 N–H and O–H groups in total. The standard InChI is InChI=1S/C17H12F3NO2/c18-17(19,20)13-9-16(23)21(15-8-4-2-6-12(13)15)14-7-3-1-5-11(14)10-22/h1-9,22H,10H2. The first-order valence-electron chi connectivity index (χ1n) is 6.84. The van der Waals surface area contributed by atoms with Gasteiger partial charge in [-0.2, -0.15) is 13.2 Å². The summed E-state index contributed by atoms with van der Waals surface area (Å²) in [4.78, 5) is 12.4. The van der Waals surface area contributed by atoms with Crippen LogP contribution < -0.4 is 5.56 Å². The van der Waals surface area contributed by atoms with Gasteiger partial charge < -0.3 is 5.11 Å². The predicted octanol–water partition coefficient (Wildman–Crippen LogP) is 3.50. The molecule has 6 heteroatoms. The highest BCUT2D eigenvalue weighted by atomic mass is 19.4. The number of aliphatic hydroxyl groups excluding tert-OH is 1. The Morgan fingerprint density at radius 3 is 2.35 bits per heavy atom. The van der Waals surface area contributed by atoms with E-state index >= 15 is 0 Å². The van der Waals surface area contributed by atoms with Gasteiger partial charge in [-0.3, -0.25) is 9.36 Å². The van der Waals surface area contributed by atoms with Gasteiger partial charge in [0, 0.05) is 17.0 Å². The number of rotatable bonds is 2. The van der Waals surface area contributed by atoms with Gasteiger partial charge in [0.05, 0.1) is 23.4 Å². The van der Waals surface area contributed by atoms with Gasteiger partial charge in [-0.15, -0.1) is 0 Å². The Labute approximate surface area is 129 Å². The Bertz CT molecular complexity index is 929. The van der Waals surface area contributed by atoms with Gasteiger partial charge in [-0.05, 0) is 12.1 Å². The van der Waals surface area contributed by atoms with Crippen molar-refractivity contribution in [3.8, 4) is 5.69 Å². The average molecular weight is 319 g/mol. The molecule has 0 aliphatic heterocycles. The van der Waals surface area contributed by atoms with E-state index in [1.807, 2.05) is 0 Å². The molecule has 0 amide bonds. The number of halogens is 3. The van der Waals surface area contributed by atoms with Gasteiger partial charge in [-0.1, -0.05) is 36.4 Å². The Morgan fingerprint density at radius 2 is 1.65 bits per heavy atom. The number of aliphatic hydroxyl groups is 1. The summed E-state index contributed by atoms with van der Waals surface area (Å²) in [5.41, 5.74) is -0.787. The molecule has 0 bridgehead atoms. The number of pyridine rings is 1. The second kappa shape index (κ2) is 5.55. The van der Waals surface area contributed by atoms with Crippen LogP contribution in [0.3, 0.4) is 0 Å². The van der Waals surface area contributed by atoms with Crippen LogP contribution >= 0.6 is 0 Å². The summed E-state index contributed by atoms with van der Waals surface area (Å²) < 4.78 is 40.8. The zero-order valence-corrected chi connectivity index (χ0v) is 11.8. The van der Waals surface area contributed by atoms with Crippen LogP contribution in [0.2, 0.25) is 0 Å². The molecule has 0 unspecified atom stereocenters. The smallest absolute Gasteiger partial charge is 0.392 e. The van der Waals surface area contributed by atoms with Crippen LogP contribution in [0.4, 0.5) is 13.2 Å². The van der Waals surface area contributed by atoms with E-state index in [4.69, 9.17) is 0 Å². The third-order valence-corrected chi connectivity index (χ3v) is 3.63. The number of aromatic nitrogens is 1. The lowest BCUT2D eigenvalue weighted by Gasteiger charge is -2.17. The topological polar surface area (TPSA) is 42.2 Å². The van der Waals surface area contributed by atoms with Crippen molar-refractivity contribution in [1.82, 2.24) is 4.57 Å². The summed E-state index contributed by atoms with van der Waals surface area (Å²) in [5.74, 6) is 0. The summed E-state index contributed by atoms with van der Waals surface area (Å²) in [6.07, 6.45) is -4.62. The van der Waals surface area contributed by atoms with Crippen LogP contribution in [-0.4, -0.2) is 9.67 Å². The molecule has 0 fully saturated rings. The molecule has 23 heavy (non-hydrogen) atoms. The lowest BCUT2D eigenvalue weighted by molar-refractivity contribution is -0.136. The highest BCUT2D eigenvalue weighted by Gasteiger charge is 2.34. The molecule has 0 radical (unpaired) electrons. The van der Waals surface area contributed by atoms with Crippen molar-refractivity contribution in [2.75, 3.05) is 0 Å². The van der Waals surface area contributed by atoms with E-state index in [1.165, 1.54) is 22.8 Å². The van der Waals surface area contributed by atoms with Crippen LogP contribution in [0.15, 0.2) is 59.4 Å². The van der Waals surface area contributed by atoms with Crippen LogP contribution in [0.5, 0.6) is 0 Å². The Balaban J connectivity index is 2.45. The highest BCUT2D eigenvalue weighted by Crippen LogP contribution is 2.34. The highest BCUT2D eigenvalue weighted by molar-refractivity contribution is 5.84. The number of alkyl halides is 3. The number of fused-ring (bicyclic) bond motifs is 1. The Hall–Kier alpha value is -2.60. The maximum atomic E-state index is 13.2. The molecular formula is C17H12F3NO2. The molecule has 3 nitrogen and oxygen atoms in total. The van der Waals surface area contributed by atoms with E-state index < -0.39 is 17.3 Å². The number of benzene rings is 2. The number of nitrogens with zero attached hydrogens (tertiary/aromatic N) is 1. The molecule has 1 aromatic heterocycles. The van der Waals surface area contributed by atoms with E-state index in [1.54, 1.807) is 30.3 Å². The molecule has 0 atom stereocenters. The molecule has 2 aromatic carbocycles. The van der Waals surface area contributed by atoms with Gasteiger partial charge in [-0.25, -0.2) is 0 Å². The summed E-state index contributed by atoms with van der Waals surface area (Å²) in [6, 6.07) is 13.0. The van der Waals surface area contributed by atoms with E-state index in [-0.39, 0.29) is 17.5 Å².